The second-order valence-corrected chi connectivity index (χ2v) is 12.2. The van der Waals surface area contributed by atoms with Crippen LogP contribution in [0.3, 0.4) is 0 Å². The number of hydrogen-bond acceptors (Lipinski definition) is 7. The number of ether oxygens (including phenoxy) is 5. The molecule has 0 amide bonds. The fourth-order valence-electron chi connectivity index (χ4n) is 6.75. The first-order chi connectivity index (χ1) is 21.4. The van der Waals surface area contributed by atoms with E-state index in [9.17, 15) is 35.9 Å². The van der Waals surface area contributed by atoms with E-state index in [1.54, 1.807) is 13.0 Å². The highest BCUT2D eigenvalue weighted by molar-refractivity contribution is 5.83. The lowest BCUT2D eigenvalue weighted by atomic mass is 9.62. The van der Waals surface area contributed by atoms with E-state index in [2.05, 4.69) is 0 Å². The number of alkyl halides is 6. The summed E-state index contributed by atoms with van der Waals surface area (Å²) in [6.07, 6.45) is -9.13. The van der Waals surface area contributed by atoms with Crippen molar-refractivity contribution < 1.29 is 59.6 Å². The van der Waals surface area contributed by atoms with Gasteiger partial charge in [0.05, 0.1) is 12.2 Å². The quantitative estimate of drug-likeness (QED) is 0.158. The van der Waals surface area contributed by atoms with Gasteiger partial charge in [-0.25, -0.2) is 9.59 Å². The molecule has 0 aromatic heterocycles. The van der Waals surface area contributed by atoms with Crippen molar-refractivity contribution in [1.82, 2.24) is 0 Å². The highest BCUT2D eigenvalue weighted by atomic mass is 19.4. The van der Waals surface area contributed by atoms with E-state index >= 15 is 0 Å². The smallest absolute Gasteiger partial charge is 0.432 e. The van der Waals surface area contributed by atoms with Gasteiger partial charge in [-0.1, -0.05) is 73.7 Å². The number of hydrogen-bond donors (Lipinski definition) is 0. The Morgan fingerprint density at radius 1 is 0.826 bits per heavy atom. The number of fused-ring (bicyclic) bond motifs is 2. The van der Waals surface area contributed by atoms with Crippen LogP contribution in [0.4, 0.5) is 26.3 Å². The molecule has 0 N–H and O–H groups in total. The number of methoxy groups -OCH3 is 2. The minimum Gasteiger partial charge on any atom is -0.460 e. The number of rotatable bonds is 10. The van der Waals surface area contributed by atoms with Crippen molar-refractivity contribution in [3.8, 4) is 0 Å². The van der Waals surface area contributed by atoms with Crippen LogP contribution < -0.4 is 0 Å². The molecule has 2 aromatic carbocycles. The summed E-state index contributed by atoms with van der Waals surface area (Å²) < 4.78 is 112. The van der Waals surface area contributed by atoms with Gasteiger partial charge in [0.15, 0.2) is 0 Å². The van der Waals surface area contributed by atoms with Crippen LogP contribution in [0, 0.1) is 11.3 Å². The maximum atomic E-state index is 14.4. The van der Waals surface area contributed by atoms with Crippen molar-refractivity contribution in [3.05, 3.63) is 83.9 Å². The van der Waals surface area contributed by atoms with Gasteiger partial charge in [-0.05, 0) is 26.3 Å². The normalized spacial score (nSPS) is 28.2. The van der Waals surface area contributed by atoms with Gasteiger partial charge in [-0.15, -0.1) is 0 Å². The van der Waals surface area contributed by atoms with Crippen molar-refractivity contribution in [2.45, 2.75) is 75.0 Å². The van der Waals surface area contributed by atoms with Crippen LogP contribution in [0.1, 0.15) is 44.7 Å². The molecule has 2 aliphatic rings. The molecule has 0 unspecified atom stereocenters. The minimum absolute atomic E-state index is 0.0266. The molecule has 4 rings (SSSR count). The van der Waals surface area contributed by atoms with E-state index in [4.69, 9.17) is 23.7 Å². The van der Waals surface area contributed by atoms with Crippen molar-refractivity contribution in [2.75, 3.05) is 20.8 Å². The molecular weight excluding hydrogens is 622 g/mol. The molecule has 1 aliphatic heterocycles. The number of carbonyl (C=O) groups is 2. The standard InChI is InChI=1S/C33H36F6O7/c1-21(45-26(40)30(42-4,32(34,35)36)22-12-8-6-9-13-22)16-17-25-28(2)18-24(19-29(25,3)44-20-28)46-27(41)31(43-5,33(37,38)39)23-14-10-7-11-15-23/h6-17,21,24-25H,18-20H2,1-5H3/b17-16+/t21-,24+,25+,28+,29-,30-,31-/m1/s1. The Morgan fingerprint density at radius 2 is 1.30 bits per heavy atom. The van der Waals surface area contributed by atoms with Gasteiger partial charge in [-0.3, -0.25) is 0 Å². The average Bonchev–Trinajstić information content (AvgIpc) is 3.12. The van der Waals surface area contributed by atoms with Gasteiger partial charge in [-0.2, -0.15) is 26.3 Å². The van der Waals surface area contributed by atoms with Crippen LogP contribution in [-0.2, 0) is 44.5 Å². The molecule has 1 aliphatic carbocycles. The summed E-state index contributed by atoms with van der Waals surface area (Å²) in [6.45, 7) is 5.08. The number of halogens is 6. The van der Waals surface area contributed by atoms with E-state index < -0.39 is 75.8 Å². The van der Waals surface area contributed by atoms with Gasteiger partial charge >= 0.3 is 24.3 Å². The molecule has 252 valence electrons. The largest absolute Gasteiger partial charge is 0.460 e. The predicted octanol–water partition coefficient (Wildman–Crippen LogP) is 6.80. The highest BCUT2D eigenvalue weighted by Crippen LogP contribution is 2.56. The van der Waals surface area contributed by atoms with Crippen molar-refractivity contribution in [1.29, 1.82) is 0 Å². The van der Waals surface area contributed by atoms with Crippen LogP contribution in [-0.4, -0.2) is 62.9 Å². The molecule has 2 aromatic rings. The van der Waals surface area contributed by atoms with Gasteiger partial charge in [0.2, 0.25) is 0 Å². The second kappa shape index (κ2) is 12.6. The lowest BCUT2D eigenvalue weighted by molar-refractivity contribution is -0.279. The van der Waals surface area contributed by atoms with Gasteiger partial charge < -0.3 is 23.7 Å². The number of benzene rings is 2. The summed E-state index contributed by atoms with van der Waals surface area (Å²) in [7, 11) is 1.56. The Balaban J connectivity index is 1.52. The molecule has 1 saturated carbocycles. The molecule has 0 spiro atoms. The lowest BCUT2D eigenvalue weighted by Gasteiger charge is -2.44. The van der Waals surface area contributed by atoms with E-state index in [1.807, 2.05) is 6.92 Å². The molecule has 0 radical (unpaired) electrons. The molecule has 2 fully saturated rings. The lowest BCUT2D eigenvalue weighted by Crippen LogP contribution is -2.54. The van der Waals surface area contributed by atoms with E-state index in [1.165, 1.54) is 49.4 Å². The zero-order chi connectivity index (χ0) is 34.2. The molecular formula is C33H36F6O7. The maximum Gasteiger partial charge on any atom is 0.432 e. The van der Waals surface area contributed by atoms with Crippen LogP contribution >= 0.6 is 0 Å². The number of carbonyl (C=O) groups excluding carboxylic acids is 2. The van der Waals surface area contributed by atoms with E-state index in [0.717, 1.165) is 38.5 Å². The molecule has 46 heavy (non-hydrogen) atoms. The second-order valence-electron chi connectivity index (χ2n) is 12.2. The van der Waals surface area contributed by atoms with Crippen molar-refractivity contribution >= 4 is 11.9 Å². The Morgan fingerprint density at radius 3 is 1.74 bits per heavy atom. The zero-order valence-corrected chi connectivity index (χ0v) is 25.9. The van der Waals surface area contributed by atoms with Crippen LogP contribution in [0.25, 0.3) is 0 Å². The van der Waals surface area contributed by atoms with E-state index in [-0.39, 0.29) is 19.4 Å². The number of esters is 2. The van der Waals surface area contributed by atoms with E-state index in [0.29, 0.717) is 0 Å². The fourth-order valence-corrected chi connectivity index (χ4v) is 6.75. The Bertz CT molecular complexity index is 1400. The Kier molecular flexibility index (Phi) is 9.74. The Hall–Kier alpha value is -3.42. The molecule has 7 atom stereocenters. The SMILES string of the molecule is CO[C@@](C(=O)O[C@H]1C[C@@]2(C)CO[C@](C)(C1)[C@H]2/C=C/[C@@H](C)OC(=O)[C@](OC)(c1ccccc1)C(F)(F)F)(c1ccccc1)C(F)(F)F. The van der Waals surface area contributed by atoms with Gasteiger partial charge in [0, 0.05) is 43.1 Å². The predicted molar refractivity (Wildman–Crippen MR) is 152 cm³/mol. The minimum atomic E-state index is -5.14. The summed E-state index contributed by atoms with van der Waals surface area (Å²) in [5.41, 5.74) is -9.34. The maximum absolute atomic E-state index is 14.4. The molecule has 2 bridgehead atoms. The average molecular weight is 659 g/mol. The molecule has 1 saturated heterocycles. The highest BCUT2D eigenvalue weighted by Gasteiger charge is 2.66. The molecule has 13 heteroatoms. The topological polar surface area (TPSA) is 80.3 Å². The summed E-state index contributed by atoms with van der Waals surface area (Å²) in [5, 5.41) is 0. The van der Waals surface area contributed by atoms with Gasteiger partial charge in [0.25, 0.3) is 11.2 Å². The van der Waals surface area contributed by atoms with Crippen LogP contribution in [0.5, 0.6) is 0 Å². The first-order valence-corrected chi connectivity index (χ1v) is 14.5. The summed E-state index contributed by atoms with van der Waals surface area (Å²) in [6, 6.07) is 12.9. The van der Waals surface area contributed by atoms with Crippen LogP contribution in [0.15, 0.2) is 72.8 Å². The third-order valence-electron chi connectivity index (χ3n) is 8.95. The first kappa shape index (κ1) is 35.4. The van der Waals surface area contributed by atoms with Gasteiger partial charge in [0.1, 0.15) is 12.2 Å². The van der Waals surface area contributed by atoms with Crippen molar-refractivity contribution in [3.63, 3.8) is 0 Å². The third kappa shape index (κ3) is 6.04. The monoisotopic (exact) mass is 658 g/mol. The Labute approximate surface area is 262 Å². The first-order valence-electron chi connectivity index (χ1n) is 14.5. The summed E-state index contributed by atoms with van der Waals surface area (Å²) in [5.74, 6) is -3.67. The molecule has 1 heterocycles. The molecule has 7 nitrogen and oxygen atoms in total. The zero-order valence-electron chi connectivity index (χ0n) is 25.9. The third-order valence-corrected chi connectivity index (χ3v) is 8.95. The van der Waals surface area contributed by atoms with Crippen LogP contribution in [0.2, 0.25) is 0 Å². The summed E-state index contributed by atoms with van der Waals surface area (Å²) in [4.78, 5) is 26.3. The fraction of sp³-hybridized carbons (Fsp3) is 0.515. The summed E-state index contributed by atoms with van der Waals surface area (Å²) >= 11 is 0. The van der Waals surface area contributed by atoms with Crippen molar-refractivity contribution in [2.24, 2.45) is 11.3 Å².